The molecule has 0 aromatic rings. The van der Waals surface area contributed by atoms with Gasteiger partial charge in [0.05, 0.1) is 0 Å². The van der Waals surface area contributed by atoms with Gasteiger partial charge in [0.25, 0.3) is 0 Å². The zero-order valence-electron chi connectivity index (χ0n) is 9.33. The number of halogens is 2. The van der Waals surface area contributed by atoms with Crippen molar-refractivity contribution in [1.29, 1.82) is 0 Å². The predicted octanol–water partition coefficient (Wildman–Crippen LogP) is 2.14. The summed E-state index contributed by atoms with van der Waals surface area (Å²) < 4.78 is 22.8. The van der Waals surface area contributed by atoms with Crippen LogP contribution in [0.1, 0.15) is 20.3 Å². The van der Waals surface area contributed by atoms with Gasteiger partial charge in [0.15, 0.2) is 12.1 Å². The summed E-state index contributed by atoms with van der Waals surface area (Å²) in [4.78, 5) is 0. The van der Waals surface area contributed by atoms with E-state index < -0.39 is 5.79 Å². The lowest BCUT2D eigenvalue weighted by molar-refractivity contribution is -0.232. The molecule has 6 heteroatoms. The summed E-state index contributed by atoms with van der Waals surface area (Å²) in [6, 6.07) is 0. The Labute approximate surface area is 111 Å². The molecular weight excluding hydrogens is 344 g/mol. The van der Waals surface area contributed by atoms with E-state index in [1.54, 1.807) is 7.11 Å². The third kappa shape index (κ3) is 1.40. The summed E-state index contributed by atoms with van der Waals surface area (Å²) in [5, 5.41) is 0. The highest BCUT2D eigenvalue weighted by Gasteiger charge is 2.80. The zero-order chi connectivity index (χ0) is 11.8. The van der Waals surface area contributed by atoms with Gasteiger partial charge in [-0.25, -0.2) is 0 Å². The van der Waals surface area contributed by atoms with Crippen LogP contribution in [-0.4, -0.2) is 40.2 Å². The van der Waals surface area contributed by atoms with Gasteiger partial charge in [-0.15, -0.1) is 0 Å². The highest BCUT2D eigenvalue weighted by Crippen LogP contribution is 2.69. The minimum Gasteiger partial charge on any atom is -0.353 e. The first kappa shape index (κ1) is 11.9. The highest BCUT2D eigenvalue weighted by molar-refractivity contribution is 9.25. The lowest BCUT2D eigenvalue weighted by atomic mass is 10.1. The van der Waals surface area contributed by atoms with Crippen LogP contribution in [0.5, 0.6) is 0 Å². The molecule has 16 heavy (non-hydrogen) atoms. The SMILES string of the molecule is CO[C@@H]1O[C@]2(CC2(Br)Br)C2OC(C)(C)OC21. The molecule has 2 saturated heterocycles. The van der Waals surface area contributed by atoms with Crippen molar-refractivity contribution in [1.82, 2.24) is 0 Å². The molecule has 1 spiro atoms. The Hall–Kier alpha value is 0.800. The third-order valence-electron chi connectivity index (χ3n) is 3.39. The zero-order valence-corrected chi connectivity index (χ0v) is 12.5. The molecule has 4 nitrogen and oxygen atoms in total. The Morgan fingerprint density at radius 3 is 2.31 bits per heavy atom. The van der Waals surface area contributed by atoms with Crippen LogP contribution in [0.2, 0.25) is 0 Å². The molecule has 0 bridgehead atoms. The molecule has 3 fully saturated rings. The molecule has 2 unspecified atom stereocenters. The van der Waals surface area contributed by atoms with Crippen molar-refractivity contribution in [2.24, 2.45) is 0 Å². The second-order valence-electron chi connectivity index (χ2n) is 5.01. The van der Waals surface area contributed by atoms with Crippen molar-refractivity contribution in [2.45, 2.75) is 53.4 Å². The van der Waals surface area contributed by atoms with E-state index in [-0.39, 0.29) is 27.3 Å². The maximum absolute atomic E-state index is 5.93. The van der Waals surface area contributed by atoms with Crippen molar-refractivity contribution in [3.05, 3.63) is 0 Å². The number of alkyl halides is 2. The van der Waals surface area contributed by atoms with Crippen LogP contribution in [0, 0.1) is 0 Å². The van der Waals surface area contributed by atoms with Gasteiger partial charge in [0, 0.05) is 13.5 Å². The molecule has 3 rings (SSSR count). The first-order valence-electron chi connectivity index (χ1n) is 5.25. The minimum atomic E-state index is -0.568. The van der Waals surface area contributed by atoms with Gasteiger partial charge < -0.3 is 18.9 Å². The Balaban J connectivity index is 1.91. The molecule has 3 aliphatic rings. The van der Waals surface area contributed by atoms with Crippen molar-refractivity contribution in [2.75, 3.05) is 7.11 Å². The predicted molar refractivity (Wildman–Crippen MR) is 63.6 cm³/mol. The molecule has 0 N–H and O–H groups in total. The minimum absolute atomic E-state index is 0.0915. The van der Waals surface area contributed by atoms with E-state index in [0.29, 0.717) is 0 Å². The monoisotopic (exact) mass is 356 g/mol. The van der Waals surface area contributed by atoms with Crippen LogP contribution in [0.4, 0.5) is 0 Å². The van der Waals surface area contributed by atoms with Crippen LogP contribution < -0.4 is 0 Å². The number of rotatable bonds is 1. The Morgan fingerprint density at radius 2 is 1.81 bits per heavy atom. The number of hydrogen-bond acceptors (Lipinski definition) is 4. The van der Waals surface area contributed by atoms with Crippen molar-refractivity contribution >= 4 is 31.9 Å². The lowest BCUT2D eigenvalue weighted by Gasteiger charge is -2.24. The van der Waals surface area contributed by atoms with Crippen molar-refractivity contribution in [3.8, 4) is 0 Å². The summed E-state index contributed by atoms with van der Waals surface area (Å²) in [6.07, 6.45) is 0.243. The fraction of sp³-hybridized carbons (Fsp3) is 1.00. The maximum atomic E-state index is 5.93. The van der Waals surface area contributed by atoms with E-state index in [2.05, 4.69) is 31.9 Å². The van der Waals surface area contributed by atoms with Crippen molar-refractivity contribution in [3.63, 3.8) is 0 Å². The molecule has 0 amide bonds. The third-order valence-corrected chi connectivity index (χ3v) is 5.30. The number of fused-ring (bicyclic) bond motifs is 2. The second kappa shape index (κ2) is 3.22. The first-order chi connectivity index (χ1) is 7.31. The molecule has 0 radical (unpaired) electrons. The molecule has 4 atom stereocenters. The molecule has 0 aromatic carbocycles. The van der Waals surface area contributed by atoms with Crippen LogP contribution in [0.25, 0.3) is 0 Å². The van der Waals surface area contributed by atoms with E-state index in [4.69, 9.17) is 18.9 Å². The van der Waals surface area contributed by atoms with Gasteiger partial charge in [-0.2, -0.15) is 0 Å². The summed E-state index contributed by atoms with van der Waals surface area (Å²) >= 11 is 7.20. The van der Waals surface area contributed by atoms with Gasteiger partial charge in [-0.3, -0.25) is 0 Å². The quantitative estimate of drug-likeness (QED) is 0.674. The molecule has 92 valence electrons. The smallest absolute Gasteiger partial charge is 0.187 e. The number of methoxy groups -OCH3 is 1. The average molecular weight is 358 g/mol. The molecule has 1 aliphatic carbocycles. The van der Waals surface area contributed by atoms with E-state index in [1.165, 1.54) is 0 Å². The van der Waals surface area contributed by atoms with E-state index in [9.17, 15) is 0 Å². The molecule has 1 saturated carbocycles. The van der Waals surface area contributed by atoms with E-state index in [1.807, 2.05) is 13.8 Å². The van der Waals surface area contributed by atoms with Gasteiger partial charge >= 0.3 is 0 Å². The molecule has 0 aromatic heterocycles. The van der Waals surface area contributed by atoms with Gasteiger partial charge in [0.2, 0.25) is 0 Å². The summed E-state index contributed by atoms with van der Waals surface area (Å²) in [5.74, 6) is -0.568. The topological polar surface area (TPSA) is 36.9 Å². The van der Waals surface area contributed by atoms with Crippen molar-refractivity contribution < 1.29 is 18.9 Å². The van der Waals surface area contributed by atoms with Gasteiger partial charge in [-0.05, 0) is 13.8 Å². The Bertz CT molecular complexity index is 333. The number of ether oxygens (including phenoxy) is 4. The first-order valence-corrected chi connectivity index (χ1v) is 6.84. The number of hydrogen-bond donors (Lipinski definition) is 0. The largest absolute Gasteiger partial charge is 0.353 e. The maximum Gasteiger partial charge on any atom is 0.187 e. The summed E-state index contributed by atoms with van der Waals surface area (Å²) in [6.45, 7) is 3.83. The lowest BCUT2D eigenvalue weighted by Crippen LogP contribution is -2.35. The van der Waals surface area contributed by atoms with Gasteiger partial charge in [0.1, 0.15) is 21.0 Å². The van der Waals surface area contributed by atoms with Crippen LogP contribution in [0.3, 0.4) is 0 Å². The normalized spacial score (nSPS) is 51.9. The second-order valence-corrected chi connectivity index (χ2v) is 8.79. The van der Waals surface area contributed by atoms with E-state index in [0.717, 1.165) is 6.42 Å². The Kier molecular flexibility index (Phi) is 2.39. The fourth-order valence-electron chi connectivity index (χ4n) is 2.59. The highest BCUT2D eigenvalue weighted by atomic mass is 79.9. The molecular formula is C10H14Br2O4. The van der Waals surface area contributed by atoms with E-state index >= 15 is 0 Å². The van der Waals surface area contributed by atoms with Gasteiger partial charge in [-0.1, -0.05) is 31.9 Å². The fourth-order valence-corrected chi connectivity index (χ4v) is 4.07. The average Bonchev–Trinajstić information content (AvgIpc) is 2.45. The Morgan fingerprint density at radius 1 is 1.19 bits per heavy atom. The van der Waals surface area contributed by atoms with Crippen LogP contribution >= 0.6 is 31.9 Å². The van der Waals surface area contributed by atoms with Crippen LogP contribution in [0.15, 0.2) is 0 Å². The standard InChI is InChI=1S/C10H14Br2O4/c1-8(2)14-5-6(15-8)9(4-10(9,11)12)16-7(5)13-3/h5-7H,4H2,1-3H3/t5?,6?,7-,9-/m1/s1. The van der Waals surface area contributed by atoms with Crippen LogP contribution in [-0.2, 0) is 18.9 Å². The summed E-state index contributed by atoms with van der Waals surface area (Å²) in [7, 11) is 1.63. The summed E-state index contributed by atoms with van der Waals surface area (Å²) in [5.41, 5.74) is -0.369. The molecule has 2 heterocycles. The molecule has 2 aliphatic heterocycles.